The van der Waals surface area contributed by atoms with Gasteiger partial charge in [0.15, 0.2) is 0 Å². The van der Waals surface area contributed by atoms with Gasteiger partial charge in [-0.05, 0) is 29.3 Å². The van der Waals surface area contributed by atoms with E-state index in [0.717, 1.165) is 0 Å². The number of hydrogen-bond acceptors (Lipinski definition) is 8. The molecule has 0 unspecified atom stereocenters. The van der Waals surface area contributed by atoms with Crippen molar-refractivity contribution in [3.05, 3.63) is 97.3 Å². The average Bonchev–Trinajstić information content (AvgIpc) is 2.87. The van der Waals surface area contributed by atoms with Crippen molar-refractivity contribution >= 4 is 41.6 Å². The van der Waals surface area contributed by atoms with Crippen LogP contribution in [0.5, 0.6) is 0 Å². The zero-order valence-electron chi connectivity index (χ0n) is 18.1. The van der Waals surface area contributed by atoms with Crippen molar-refractivity contribution < 1.29 is 14.6 Å². The summed E-state index contributed by atoms with van der Waals surface area (Å²) in [5, 5.41) is 22.1. The fourth-order valence-corrected chi connectivity index (χ4v) is 3.39. The van der Waals surface area contributed by atoms with Crippen LogP contribution in [0.3, 0.4) is 0 Å². The number of benzene rings is 2. The van der Waals surface area contributed by atoms with Gasteiger partial charge in [-0.3, -0.25) is 20.2 Å². The lowest BCUT2D eigenvalue weighted by molar-refractivity contribution is -0.385. The first kappa shape index (κ1) is 22.7. The van der Waals surface area contributed by atoms with Crippen LogP contribution in [0, 0.1) is 20.2 Å². The highest BCUT2D eigenvalue weighted by Crippen LogP contribution is 2.20. The Hall–Kier alpha value is -4.44. The van der Waals surface area contributed by atoms with E-state index in [-0.39, 0.29) is 11.4 Å². The summed E-state index contributed by atoms with van der Waals surface area (Å²) in [5.74, 6) is 0.545. The van der Waals surface area contributed by atoms with Crippen LogP contribution < -0.4 is 4.90 Å². The summed E-state index contributed by atoms with van der Waals surface area (Å²) in [6.45, 7) is 2.48. The predicted molar refractivity (Wildman–Crippen MR) is 129 cm³/mol. The average molecular weight is 459 g/mol. The Kier molecular flexibility index (Phi) is 6.99. The molecule has 10 heteroatoms. The van der Waals surface area contributed by atoms with E-state index >= 15 is 0 Å². The highest BCUT2D eigenvalue weighted by Gasteiger charge is 2.15. The molecule has 0 saturated carbocycles. The molecule has 1 aliphatic rings. The summed E-state index contributed by atoms with van der Waals surface area (Å²) in [6, 6.07) is 14.4. The molecule has 4 rings (SSSR count). The Morgan fingerprint density at radius 3 is 1.74 bits per heavy atom. The third kappa shape index (κ3) is 5.87. The molecule has 172 valence electrons. The molecule has 0 radical (unpaired) electrons. The van der Waals surface area contributed by atoms with E-state index in [2.05, 4.69) is 9.97 Å². The van der Waals surface area contributed by atoms with Crippen LogP contribution in [-0.4, -0.2) is 46.1 Å². The molecule has 0 atom stereocenters. The van der Waals surface area contributed by atoms with E-state index in [4.69, 9.17) is 4.74 Å². The number of morpholine rings is 1. The van der Waals surface area contributed by atoms with Gasteiger partial charge < -0.3 is 9.64 Å². The Balaban J connectivity index is 1.65. The van der Waals surface area contributed by atoms with Crippen LogP contribution in [0.15, 0.2) is 54.6 Å². The zero-order valence-corrected chi connectivity index (χ0v) is 18.1. The molecular formula is C24H21N5O5. The van der Waals surface area contributed by atoms with Crippen LogP contribution in [0.1, 0.15) is 22.5 Å². The lowest BCUT2D eigenvalue weighted by Gasteiger charge is -2.27. The van der Waals surface area contributed by atoms with E-state index in [0.29, 0.717) is 54.8 Å². The molecule has 0 amide bonds. The molecule has 1 fully saturated rings. The summed E-state index contributed by atoms with van der Waals surface area (Å²) in [7, 11) is 0. The minimum atomic E-state index is -0.435. The number of ether oxygens (including phenoxy) is 1. The van der Waals surface area contributed by atoms with Gasteiger partial charge in [0.25, 0.3) is 11.4 Å². The first-order chi connectivity index (χ1) is 16.5. The van der Waals surface area contributed by atoms with Gasteiger partial charge in [-0.25, -0.2) is 9.97 Å². The van der Waals surface area contributed by atoms with Gasteiger partial charge in [0, 0.05) is 37.4 Å². The van der Waals surface area contributed by atoms with Gasteiger partial charge >= 0.3 is 0 Å². The fraction of sp³-hybridized carbons (Fsp3) is 0.167. The smallest absolute Gasteiger partial charge is 0.270 e. The summed E-state index contributed by atoms with van der Waals surface area (Å²) >= 11 is 0. The monoisotopic (exact) mass is 459 g/mol. The Morgan fingerprint density at radius 2 is 1.26 bits per heavy atom. The molecule has 1 aliphatic heterocycles. The first-order valence-corrected chi connectivity index (χ1v) is 10.5. The van der Waals surface area contributed by atoms with Crippen molar-refractivity contribution in [1.82, 2.24) is 9.97 Å². The topological polar surface area (TPSA) is 125 Å². The summed E-state index contributed by atoms with van der Waals surface area (Å²) in [6.07, 6.45) is 7.06. The predicted octanol–water partition coefficient (Wildman–Crippen LogP) is 4.47. The van der Waals surface area contributed by atoms with Crippen molar-refractivity contribution in [3.63, 3.8) is 0 Å². The molecule has 34 heavy (non-hydrogen) atoms. The molecule has 1 aromatic heterocycles. The molecule has 2 aromatic carbocycles. The van der Waals surface area contributed by atoms with Gasteiger partial charge in [0.2, 0.25) is 5.95 Å². The number of rotatable bonds is 7. The molecule has 2 heterocycles. The zero-order chi connectivity index (χ0) is 23.9. The molecule has 10 nitrogen and oxygen atoms in total. The van der Waals surface area contributed by atoms with Crippen LogP contribution in [0.2, 0.25) is 0 Å². The van der Waals surface area contributed by atoms with Crippen molar-refractivity contribution in [2.24, 2.45) is 0 Å². The van der Waals surface area contributed by atoms with Crippen LogP contribution in [0.4, 0.5) is 17.3 Å². The second kappa shape index (κ2) is 10.5. The van der Waals surface area contributed by atoms with Gasteiger partial charge in [0.1, 0.15) is 0 Å². The molecule has 0 aliphatic carbocycles. The minimum absolute atomic E-state index is 0.0134. The number of hydrogen-bond donors (Lipinski definition) is 0. The van der Waals surface area contributed by atoms with Crippen LogP contribution >= 0.6 is 0 Å². The highest BCUT2D eigenvalue weighted by atomic mass is 16.6. The van der Waals surface area contributed by atoms with E-state index < -0.39 is 9.85 Å². The van der Waals surface area contributed by atoms with E-state index in [1.165, 1.54) is 24.3 Å². The maximum absolute atomic E-state index is 11.0. The third-order valence-corrected chi connectivity index (χ3v) is 5.10. The molecular weight excluding hydrogens is 438 g/mol. The normalized spacial score (nSPS) is 14.1. The molecule has 1 saturated heterocycles. The SMILES string of the molecule is O=[N+]([O-])c1cccc(/C=C/c2cc(/C=C/c3cccc([N+](=O)[O-])c3)nc(N3CCOCC3)n2)c1. The minimum Gasteiger partial charge on any atom is -0.378 e. The van der Waals surface area contributed by atoms with Gasteiger partial charge in [0.05, 0.1) is 34.4 Å². The van der Waals surface area contributed by atoms with Gasteiger partial charge in [-0.1, -0.05) is 36.4 Å². The largest absolute Gasteiger partial charge is 0.378 e. The lowest BCUT2D eigenvalue weighted by atomic mass is 10.1. The number of anilines is 1. The maximum atomic E-state index is 11.0. The van der Waals surface area contributed by atoms with Gasteiger partial charge in [-0.2, -0.15) is 0 Å². The molecule has 3 aromatic rings. The summed E-state index contributed by atoms with van der Waals surface area (Å²) < 4.78 is 5.42. The molecule has 0 N–H and O–H groups in total. The van der Waals surface area contributed by atoms with E-state index in [1.807, 2.05) is 4.90 Å². The van der Waals surface area contributed by atoms with Crippen molar-refractivity contribution in [2.45, 2.75) is 0 Å². The second-order valence-electron chi connectivity index (χ2n) is 7.49. The standard InChI is InChI=1S/C24H21N5O5/c30-28(31)22-5-1-3-18(15-22)7-9-20-17-21(26-24(25-20)27-11-13-34-14-12-27)10-8-19-4-2-6-23(16-19)29(32)33/h1-10,15-17H,11-14H2/b9-7+,10-8+. The Morgan fingerprint density at radius 1 is 0.765 bits per heavy atom. The fourth-order valence-electron chi connectivity index (χ4n) is 3.39. The number of nitrogens with zero attached hydrogens (tertiary/aromatic N) is 5. The van der Waals surface area contributed by atoms with Crippen LogP contribution in [0.25, 0.3) is 24.3 Å². The quantitative estimate of drug-likeness (QED) is 0.374. The Labute approximate surface area is 195 Å². The van der Waals surface area contributed by atoms with E-state index in [9.17, 15) is 20.2 Å². The van der Waals surface area contributed by atoms with Gasteiger partial charge in [-0.15, -0.1) is 0 Å². The van der Waals surface area contributed by atoms with Crippen molar-refractivity contribution in [1.29, 1.82) is 0 Å². The van der Waals surface area contributed by atoms with E-state index in [1.54, 1.807) is 54.6 Å². The first-order valence-electron chi connectivity index (χ1n) is 10.5. The lowest BCUT2D eigenvalue weighted by Crippen LogP contribution is -2.37. The Bertz CT molecular complexity index is 1180. The summed E-state index contributed by atoms with van der Waals surface area (Å²) in [5.41, 5.74) is 2.63. The highest BCUT2D eigenvalue weighted by molar-refractivity contribution is 5.73. The summed E-state index contributed by atoms with van der Waals surface area (Å²) in [4.78, 5) is 32.5. The number of nitro groups is 2. The van der Waals surface area contributed by atoms with Crippen LogP contribution in [-0.2, 0) is 4.74 Å². The second-order valence-corrected chi connectivity index (χ2v) is 7.49. The number of aromatic nitrogens is 2. The van der Waals surface area contributed by atoms with Crippen molar-refractivity contribution in [2.75, 3.05) is 31.2 Å². The third-order valence-electron chi connectivity index (χ3n) is 5.10. The number of nitro benzene ring substituents is 2. The number of non-ortho nitro benzene ring substituents is 2. The maximum Gasteiger partial charge on any atom is 0.270 e. The van der Waals surface area contributed by atoms with Crippen molar-refractivity contribution in [3.8, 4) is 0 Å². The molecule has 0 bridgehead atoms. The molecule has 0 spiro atoms.